The van der Waals surface area contributed by atoms with Crippen molar-refractivity contribution in [2.24, 2.45) is 0 Å². The summed E-state index contributed by atoms with van der Waals surface area (Å²) in [5.74, 6) is -0.179. The minimum Gasteiger partial charge on any atom is -0.355 e. The Balaban J connectivity index is 1.55. The summed E-state index contributed by atoms with van der Waals surface area (Å²) >= 11 is 0. The number of rotatable bonds is 4. The second-order valence-corrected chi connectivity index (χ2v) is 5.93. The second-order valence-electron chi connectivity index (χ2n) is 5.93. The van der Waals surface area contributed by atoms with E-state index in [-0.39, 0.29) is 11.8 Å². The molecule has 2 N–H and O–H groups in total. The molecule has 0 aliphatic carbocycles. The Bertz CT molecular complexity index is 741. The zero-order chi connectivity index (χ0) is 16.9. The fraction of sp³-hybridized carbons (Fsp3) is 0.263. The first kappa shape index (κ1) is 16.2. The Kier molecular flexibility index (Phi) is 4.91. The molecule has 0 bridgehead atoms. The van der Waals surface area contributed by atoms with Gasteiger partial charge in [-0.25, -0.2) is 0 Å². The lowest BCUT2D eigenvalue weighted by Gasteiger charge is -2.28. The smallest absolute Gasteiger partial charge is 0.251 e. The number of fused-ring (bicyclic) bond motifs is 1. The van der Waals surface area contributed by atoms with Crippen LogP contribution in [-0.4, -0.2) is 36.9 Å². The number of nitrogens with zero attached hydrogens (tertiary/aromatic N) is 1. The third-order valence-corrected chi connectivity index (χ3v) is 4.23. The van der Waals surface area contributed by atoms with Crippen molar-refractivity contribution in [2.45, 2.75) is 13.0 Å². The van der Waals surface area contributed by atoms with Gasteiger partial charge >= 0.3 is 0 Å². The van der Waals surface area contributed by atoms with Crippen LogP contribution in [0, 0.1) is 0 Å². The van der Waals surface area contributed by atoms with Crippen LogP contribution in [0.15, 0.2) is 48.5 Å². The van der Waals surface area contributed by atoms with Gasteiger partial charge in [-0.15, -0.1) is 0 Å². The molecule has 124 valence electrons. The topological polar surface area (TPSA) is 61.4 Å². The molecule has 0 atom stereocenters. The third kappa shape index (κ3) is 3.81. The number of carbonyl (C=O) groups is 2. The largest absolute Gasteiger partial charge is 0.355 e. The van der Waals surface area contributed by atoms with Crippen LogP contribution in [0.3, 0.4) is 0 Å². The molecule has 3 rings (SSSR count). The average Bonchev–Trinajstić information content (AvgIpc) is 2.61. The summed E-state index contributed by atoms with van der Waals surface area (Å²) in [5, 5.41) is 5.46. The summed E-state index contributed by atoms with van der Waals surface area (Å²) < 4.78 is 0. The summed E-state index contributed by atoms with van der Waals surface area (Å²) in [6, 6.07) is 15.3. The molecule has 0 unspecified atom stereocenters. The molecule has 0 fully saturated rings. The third-order valence-electron chi connectivity index (χ3n) is 4.23. The number of hydrogen-bond donors (Lipinski definition) is 2. The molecule has 2 aromatic carbocycles. The second kappa shape index (κ2) is 7.27. The fourth-order valence-corrected chi connectivity index (χ4v) is 2.94. The highest BCUT2D eigenvalue weighted by Gasteiger charge is 2.18. The van der Waals surface area contributed by atoms with Crippen molar-refractivity contribution in [2.75, 3.05) is 25.5 Å². The van der Waals surface area contributed by atoms with E-state index < -0.39 is 0 Å². The molecule has 0 spiro atoms. The maximum atomic E-state index is 12.2. The van der Waals surface area contributed by atoms with Gasteiger partial charge in [-0.05, 0) is 41.8 Å². The summed E-state index contributed by atoms with van der Waals surface area (Å²) in [4.78, 5) is 25.9. The van der Waals surface area contributed by atoms with Crippen LogP contribution in [0.2, 0.25) is 0 Å². The lowest BCUT2D eigenvalue weighted by atomic mass is 10.00. The molecule has 1 aliphatic rings. The first-order chi connectivity index (χ1) is 11.7. The SMILES string of the molecule is CNC(=O)c1ccc(NC(=O)CN2CCc3ccccc3C2)cc1. The highest BCUT2D eigenvalue weighted by Crippen LogP contribution is 2.18. The number of nitrogens with one attached hydrogen (secondary N) is 2. The first-order valence-electron chi connectivity index (χ1n) is 8.07. The highest BCUT2D eigenvalue weighted by molar-refractivity contribution is 5.96. The zero-order valence-electron chi connectivity index (χ0n) is 13.7. The molecule has 0 radical (unpaired) electrons. The Morgan fingerprint density at radius 2 is 1.75 bits per heavy atom. The van der Waals surface area contributed by atoms with Gasteiger partial charge in [0.2, 0.25) is 5.91 Å². The van der Waals surface area contributed by atoms with Gasteiger partial charge in [0.05, 0.1) is 6.54 Å². The van der Waals surface area contributed by atoms with Gasteiger partial charge < -0.3 is 10.6 Å². The van der Waals surface area contributed by atoms with Crippen molar-refractivity contribution in [3.63, 3.8) is 0 Å². The van der Waals surface area contributed by atoms with E-state index in [4.69, 9.17) is 0 Å². The molecule has 0 saturated carbocycles. The Morgan fingerprint density at radius 3 is 2.46 bits per heavy atom. The highest BCUT2D eigenvalue weighted by atomic mass is 16.2. The van der Waals surface area contributed by atoms with Crippen molar-refractivity contribution in [1.82, 2.24) is 10.2 Å². The molecule has 5 heteroatoms. The summed E-state index contributed by atoms with van der Waals surface area (Å²) in [7, 11) is 1.59. The van der Waals surface area contributed by atoms with Gasteiger partial charge in [0.25, 0.3) is 5.91 Å². The Morgan fingerprint density at radius 1 is 1.04 bits per heavy atom. The lowest BCUT2D eigenvalue weighted by molar-refractivity contribution is -0.117. The molecule has 0 aromatic heterocycles. The van der Waals surface area contributed by atoms with E-state index in [0.717, 1.165) is 19.5 Å². The van der Waals surface area contributed by atoms with Gasteiger partial charge in [-0.3, -0.25) is 14.5 Å². The molecule has 5 nitrogen and oxygen atoms in total. The minimum atomic E-state index is -0.139. The van der Waals surface area contributed by atoms with Crippen molar-refractivity contribution in [3.8, 4) is 0 Å². The van der Waals surface area contributed by atoms with E-state index >= 15 is 0 Å². The monoisotopic (exact) mass is 323 g/mol. The molecular formula is C19H21N3O2. The van der Waals surface area contributed by atoms with Gasteiger partial charge in [0.1, 0.15) is 0 Å². The van der Waals surface area contributed by atoms with Crippen LogP contribution >= 0.6 is 0 Å². The maximum Gasteiger partial charge on any atom is 0.251 e. The molecular weight excluding hydrogens is 302 g/mol. The van der Waals surface area contributed by atoms with Gasteiger partial charge in [-0.2, -0.15) is 0 Å². The van der Waals surface area contributed by atoms with Crippen LogP contribution in [0.25, 0.3) is 0 Å². The van der Waals surface area contributed by atoms with E-state index in [0.29, 0.717) is 17.8 Å². The van der Waals surface area contributed by atoms with Crippen LogP contribution in [-0.2, 0) is 17.8 Å². The normalized spacial score (nSPS) is 13.9. The van der Waals surface area contributed by atoms with E-state index in [1.165, 1.54) is 11.1 Å². The van der Waals surface area contributed by atoms with Crippen molar-refractivity contribution < 1.29 is 9.59 Å². The molecule has 1 heterocycles. The standard InChI is InChI=1S/C19H21N3O2/c1-20-19(24)15-6-8-17(9-7-15)21-18(23)13-22-11-10-14-4-2-3-5-16(14)12-22/h2-9H,10-13H2,1H3,(H,20,24)(H,21,23). The number of carbonyl (C=O) groups excluding carboxylic acids is 2. The fourth-order valence-electron chi connectivity index (χ4n) is 2.94. The van der Waals surface area contributed by atoms with Crippen LogP contribution < -0.4 is 10.6 Å². The molecule has 2 amide bonds. The van der Waals surface area contributed by atoms with Crippen molar-refractivity contribution in [1.29, 1.82) is 0 Å². The Labute approximate surface area is 141 Å². The lowest BCUT2D eigenvalue weighted by Crippen LogP contribution is -2.37. The number of benzene rings is 2. The molecule has 2 aromatic rings. The number of anilines is 1. The predicted molar refractivity (Wildman–Crippen MR) is 93.9 cm³/mol. The number of amides is 2. The van der Waals surface area contributed by atoms with E-state index in [2.05, 4.69) is 33.7 Å². The van der Waals surface area contributed by atoms with E-state index in [1.54, 1.807) is 31.3 Å². The maximum absolute atomic E-state index is 12.2. The van der Waals surface area contributed by atoms with Crippen molar-refractivity contribution in [3.05, 3.63) is 65.2 Å². The molecule has 1 aliphatic heterocycles. The van der Waals surface area contributed by atoms with Gasteiger partial charge in [0.15, 0.2) is 0 Å². The summed E-state index contributed by atoms with van der Waals surface area (Å²) in [6.45, 7) is 2.06. The molecule has 24 heavy (non-hydrogen) atoms. The van der Waals surface area contributed by atoms with Crippen LogP contribution in [0.1, 0.15) is 21.5 Å². The quantitative estimate of drug-likeness (QED) is 0.905. The predicted octanol–water partition coefficient (Wildman–Crippen LogP) is 2.04. The number of hydrogen-bond acceptors (Lipinski definition) is 3. The first-order valence-corrected chi connectivity index (χ1v) is 8.07. The summed E-state index contributed by atoms with van der Waals surface area (Å²) in [5.41, 5.74) is 3.94. The average molecular weight is 323 g/mol. The van der Waals surface area contributed by atoms with Crippen LogP contribution in [0.5, 0.6) is 0 Å². The summed E-state index contributed by atoms with van der Waals surface area (Å²) in [6.07, 6.45) is 0.976. The van der Waals surface area contributed by atoms with E-state index in [9.17, 15) is 9.59 Å². The van der Waals surface area contributed by atoms with Crippen molar-refractivity contribution >= 4 is 17.5 Å². The minimum absolute atomic E-state index is 0.0397. The molecule has 0 saturated heterocycles. The van der Waals surface area contributed by atoms with Crippen LogP contribution in [0.4, 0.5) is 5.69 Å². The van der Waals surface area contributed by atoms with Gasteiger partial charge in [0, 0.05) is 31.4 Å². The zero-order valence-corrected chi connectivity index (χ0v) is 13.7. The Hall–Kier alpha value is -2.66. The van der Waals surface area contributed by atoms with Gasteiger partial charge in [-0.1, -0.05) is 24.3 Å². The van der Waals surface area contributed by atoms with E-state index in [1.807, 2.05) is 6.07 Å².